The number of hydroxylamine groups is 1. The third-order valence-corrected chi connectivity index (χ3v) is 5.66. The molecule has 0 spiro atoms. The zero-order chi connectivity index (χ0) is 19.8. The molecule has 2 aromatic rings. The maximum Gasteiger partial charge on any atom is 0.243 e. The lowest BCUT2D eigenvalue weighted by Crippen LogP contribution is -2.28. The van der Waals surface area contributed by atoms with Crippen LogP contribution in [-0.4, -0.2) is 21.5 Å². The molecule has 0 aliphatic heterocycles. The first-order valence-electron chi connectivity index (χ1n) is 9.20. The molecule has 3 rings (SSSR count). The van der Waals surface area contributed by atoms with Crippen LogP contribution in [0.4, 0.5) is 0 Å². The van der Waals surface area contributed by atoms with Crippen molar-refractivity contribution in [3.05, 3.63) is 33.4 Å². The zero-order valence-electron chi connectivity index (χ0n) is 15.6. The smallest absolute Gasteiger partial charge is 0.243 e. The van der Waals surface area contributed by atoms with E-state index in [1.54, 1.807) is 11.5 Å². The van der Waals surface area contributed by atoms with Crippen LogP contribution < -0.4 is 5.48 Å². The van der Waals surface area contributed by atoms with Gasteiger partial charge >= 0.3 is 0 Å². The van der Waals surface area contributed by atoms with E-state index in [1.165, 1.54) is 0 Å². The van der Waals surface area contributed by atoms with Crippen LogP contribution in [0, 0.1) is 5.41 Å². The van der Waals surface area contributed by atoms with E-state index in [9.17, 15) is 9.59 Å². The fourth-order valence-electron chi connectivity index (χ4n) is 4.02. The van der Waals surface area contributed by atoms with E-state index < -0.39 is 0 Å². The summed E-state index contributed by atoms with van der Waals surface area (Å²) in [5, 5.41) is 10.5. The van der Waals surface area contributed by atoms with Crippen LogP contribution in [0.25, 0.3) is 10.9 Å². The predicted molar refractivity (Wildman–Crippen MR) is 107 cm³/mol. The minimum absolute atomic E-state index is 0.0916. The molecule has 1 amide bonds. The molecule has 1 aliphatic rings. The Labute approximate surface area is 168 Å². The Morgan fingerprint density at radius 3 is 2.67 bits per heavy atom. The molecule has 1 aliphatic carbocycles. The van der Waals surface area contributed by atoms with Crippen LogP contribution in [0.2, 0.25) is 10.0 Å². The second-order valence-corrected chi connectivity index (χ2v) is 8.89. The van der Waals surface area contributed by atoms with Gasteiger partial charge in [-0.25, -0.2) is 5.48 Å². The standard InChI is InChI=1S/C20H24Cl2N2O3/c1-20(2)10-15-18(16(25)11-20)13-8-12(21)9-14(22)19(13)24(15)7-5-3-4-6-17(26)23-27/h8-9,27H,3-7,10-11H2,1-2H3,(H,23,26). The first-order valence-corrected chi connectivity index (χ1v) is 9.95. The number of rotatable bonds is 6. The second-order valence-electron chi connectivity index (χ2n) is 8.04. The number of aromatic nitrogens is 1. The molecule has 1 heterocycles. The number of nitrogens with one attached hydrogen (secondary N) is 1. The average Bonchev–Trinajstić information content (AvgIpc) is 2.86. The number of nitrogens with zero attached hydrogens (tertiary/aromatic N) is 1. The van der Waals surface area contributed by atoms with Crippen molar-refractivity contribution in [1.29, 1.82) is 0 Å². The highest BCUT2D eigenvalue weighted by atomic mass is 35.5. The number of benzene rings is 1. The molecule has 0 saturated carbocycles. The number of Topliss-reactive ketones (excluding diaryl/α,β-unsaturated/α-hetero) is 1. The van der Waals surface area contributed by atoms with E-state index in [2.05, 4.69) is 18.4 Å². The summed E-state index contributed by atoms with van der Waals surface area (Å²) in [5.74, 6) is -0.230. The van der Waals surface area contributed by atoms with Gasteiger partial charge in [0.1, 0.15) is 0 Å². The summed E-state index contributed by atoms with van der Waals surface area (Å²) in [6.45, 7) is 4.94. The number of halogens is 2. The Hall–Kier alpha value is -1.56. The lowest BCUT2D eigenvalue weighted by Gasteiger charge is -2.29. The number of carbonyl (C=O) groups is 2. The lowest BCUT2D eigenvalue weighted by atomic mass is 9.75. The molecule has 2 N–H and O–H groups in total. The van der Waals surface area contributed by atoms with Gasteiger partial charge in [0.05, 0.1) is 10.5 Å². The van der Waals surface area contributed by atoms with Crippen LogP contribution in [0.1, 0.15) is 62.0 Å². The van der Waals surface area contributed by atoms with Crippen LogP contribution in [0.5, 0.6) is 0 Å². The molecule has 0 saturated heterocycles. The number of aryl methyl sites for hydroxylation is 1. The van der Waals surface area contributed by atoms with Gasteiger partial charge in [-0.2, -0.15) is 0 Å². The van der Waals surface area contributed by atoms with Gasteiger partial charge in [-0.15, -0.1) is 0 Å². The third-order valence-electron chi connectivity index (χ3n) is 5.16. The van der Waals surface area contributed by atoms with Crippen molar-refractivity contribution in [2.45, 2.75) is 58.9 Å². The van der Waals surface area contributed by atoms with Crippen LogP contribution >= 0.6 is 23.2 Å². The van der Waals surface area contributed by atoms with Crippen molar-refractivity contribution in [3.8, 4) is 0 Å². The largest absolute Gasteiger partial charge is 0.343 e. The fraction of sp³-hybridized carbons (Fsp3) is 0.500. The number of unbranched alkanes of at least 4 members (excludes halogenated alkanes) is 2. The Morgan fingerprint density at radius 2 is 1.96 bits per heavy atom. The highest BCUT2D eigenvalue weighted by Crippen LogP contribution is 2.42. The average molecular weight is 411 g/mol. The van der Waals surface area contributed by atoms with Crippen molar-refractivity contribution in [1.82, 2.24) is 10.0 Å². The molecule has 0 atom stereocenters. The topological polar surface area (TPSA) is 71.3 Å². The monoisotopic (exact) mass is 410 g/mol. The molecule has 5 nitrogen and oxygen atoms in total. The van der Waals surface area contributed by atoms with E-state index >= 15 is 0 Å². The molecule has 0 radical (unpaired) electrons. The lowest BCUT2D eigenvalue weighted by molar-refractivity contribution is -0.129. The minimum atomic E-state index is -0.371. The predicted octanol–water partition coefficient (Wildman–Crippen LogP) is 5.17. The van der Waals surface area contributed by atoms with Crippen molar-refractivity contribution in [2.75, 3.05) is 0 Å². The Kier molecular flexibility index (Phi) is 5.84. The molecule has 27 heavy (non-hydrogen) atoms. The second kappa shape index (κ2) is 7.82. The number of fused-ring (bicyclic) bond motifs is 3. The number of hydrogen-bond donors (Lipinski definition) is 2. The minimum Gasteiger partial charge on any atom is -0.343 e. The van der Waals surface area contributed by atoms with E-state index in [0.717, 1.165) is 48.0 Å². The Bertz CT molecular complexity index is 902. The maximum absolute atomic E-state index is 12.9. The number of hydrogen-bond acceptors (Lipinski definition) is 3. The Morgan fingerprint density at radius 1 is 1.22 bits per heavy atom. The van der Waals surface area contributed by atoms with Gasteiger partial charge in [0, 0.05) is 41.1 Å². The summed E-state index contributed by atoms with van der Waals surface area (Å²) >= 11 is 12.7. The van der Waals surface area contributed by atoms with Gasteiger partial charge in [0.25, 0.3) is 0 Å². The molecule has 1 aromatic carbocycles. The third kappa shape index (κ3) is 4.15. The van der Waals surface area contributed by atoms with Gasteiger partial charge in [0.15, 0.2) is 5.78 Å². The molecule has 0 bridgehead atoms. The fourth-order valence-corrected chi connectivity index (χ4v) is 4.62. The van der Waals surface area contributed by atoms with Crippen molar-refractivity contribution in [2.24, 2.45) is 5.41 Å². The van der Waals surface area contributed by atoms with Crippen molar-refractivity contribution < 1.29 is 14.8 Å². The SMILES string of the molecule is CC1(C)CC(=O)c2c(n(CCCCCC(=O)NO)c3c(Cl)cc(Cl)cc23)C1. The first kappa shape index (κ1) is 20.2. The van der Waals surface area contributed by atoms with Crippen molar-refractivity contribution >= 4 is 45.8 Å². The molecular formula is C20H24Cl2N2O3. The first-order chi connectivity index (χ1) is 12.7. The normalized spacial score (nSPS) is 15.8. The van der Waals surface area contributed by atoms with Gasteiger partial charge < -0.3 is 4.57 Å². The Balaban J connectivity index is 1.94. The van der Waals surface area contributed by atoms with Crippen LogP contribution in [0.3, 0.4) is 0 Å². The van der Waals surface area contributed by atoms with Crippen LogP contribution in [0.15, 0.2) is 12.1 Å². The molecule has 146 valence electrons. The molecule has 1 aromatic heterocycles. The van der Waals surface area contributed by atoms with Gasteiger partial charge in [-0.05, 0) is 36.8 Å². The highest BCUT2D eigenvalue weighted by Gasteiger charge is 2.35. The summed E-state index contributed by atoms with van der Waals surface area (Å²) in [6.07, 6.45) is 4.00. The van der Waals surface area contributed by atoms with E-state index in [0.29, 0.717) is 29.3 Å². The zero-order valence-corrected chi connectivity index (χ0v) is 17.1. The molecular weight excluding hydrogens is 387 g/mol. The summed E-state index contributed by atoms with van der Waals surface area (Å²) in [7, 11) is 0. The summed E-state index contributed by atoms with van der Waals surface area (Å²) < 4.78 is 2.16. The van der Waals surface area contributed by atoms with Crippen molar-refractivity contribution in [3.63, 3.8) is 0 Å². The highest BCUT2D eigenvalue weighted by molar-refractivity contribution is 6.39. The number of carbonyl (C=O) groups excluding carboxylic acids is 2. The number of amides is 1. The number of ketones is 1. The van der Waals surface area contributed by atoms with Gasteiger partial charge in [-0.1, -0.05) is 43.5 Å². The summed E-state index contributed by atoms with van der Waals surface area (Å²) in [6, 6.07) is 3.55. The molecule has 0 fully saturated rings. The van der Waals surface area contributed by atoms with E-state index in [4.69, 9.17) is 28.4 Å². The summed E-state index contributed by atoms with van der Waals surface area (Å²) in [5.41, 5.74) is 4.21. The van der Waals surface area contributed by atoms with Gasteiger partial charge in [-0.3, -0.25) is 14.8 Å². The molecule has 7 heteroatoms. The maximum atomic E-state index is 12.9. The van der Waals surface area contributed by atoms with E-state index in [-0.39, 0.29) is 17.1 Å². The summed E-state index contributed by atoms with van der Waals surface area (Å²) in [4.78, 5) is 24.0. The van der Waals surface area contributed by atoms with E-state index in [1.807, 2.05) is 6.07 Å². The molecule has 0 unspecified atom stereocenters. The quantitative estimate of drug-likeness (QED) is 0.391. The van der Waals surface area contributed by atoms with Crippen LogP contribution in [-0.2, 0) is 17.8 Å². The van der Waals surface area contributed by atoms with Gasteiger partial charge in [0.2, 0.25) is 5.91 Å².